The predicted molar refractivity (Wildman–Crippen MR) is 99.7 cm³/mol. The summed E-state index contributed by atoms with van der Waals surface area (Å²) in [4.78, 5) is 29.9. The van der Waals surface area contributed by atoms with E-state index >= 15 is 0 Å². The molecule has 2 heterocycles. The quantitative estimate of drug-likeness (QED) is 0.835. The number of aryl methyl sites for hydroxylation is 2. The first-order chi connectivity index (χ1) is 12.0. The van der Waals surface area contributed by atoms with E-state index in [0.29, 0.717) is 16.5 Å². The summed E-state index contributed by atoms with van der Waals surface area (Å²) in [5.41, 5.74) is 3.49. The number of fused-ring (bicyclic) bond motifs is 2. The lowest BCUT2D eigenvalue weighted by Gasteiger charge is -2.15. The van der Waals surface area contributed by atoms with Crippen molar-refractivity contribution in [2.75, 3.05) is 11.1 Å². The van der Waals surface area contributed by atoms with E-state index in [2.05, 4.69) is 10.3 Å². The number of nitrogens with one attached hydrogen (secondary N) is 1. The number of amides is 1. The minimum atomic E-state index is -0.148. The van der Waals surface area contributed by atoms with Crippen LogP contribution in [0.25, 0.3) is 0 Å². The summed E-state index contributed by atoms with van der Waals surface area (Å²) in [5.74, 6) is 0.587. The Morgan fingerprint density at radius 1 is 1.44 bits per heavy atom. The first-order valence-corrected chi connectivity index (χ1v) is 9.72. The third-order valence-corrected chi connectivity index (χ3v) is 6.10. The van der Waals surface area contributed by atoms with Crippen LogP contribution in [0.15, 0.2) is 28.2 Å². The van der Waals surface area contributed by atoms with Crippen molar-refractivity contribution in [1.29, 1.82) is 0 Å². The summed E-state index contributed by atoms with van der Waals surface area (Å²) in [6.45, 7) is 1.92. The van der Waals surface area contributed by atoms with Gasteiger partial charge < -0.3 is 5.32 Å². The van der Waals surface area contributed by atoms with E-state index < -0.39 is 0 Å². The van der Waals surface area contributed by atoms with Gasteiger partial charge in [0.05, 0.1) is 11.7 Å². The molecular formula is C18H18ClN3O2S. The van der Waals surface area contributed by atoms with Crippen molar-refractivity contribution in [1.82, 2.24) is 9.55 Å². The van der Waals surface area contributed by atoms with Gasteiger partial charge in [0.1, 0.15) is 0 Å². The van der Waals surface area contributed by atoms with Gasteiger partial charge in [0.15, 0.2) is 5.16 Å². The Balaban J connectivity index is 1.55. The average Bonchev–Trinajstić information content (AvgIpc) is 3.19. The number of carbonyl (C=O) groups is 1. The van der Waals surface area contributed by atoms with Gasteiger partial charge in [-0.2, -0.15) is 0 Å². The van der Waals surface area contributed by atoms with E-state index in [1.165, 1.54) is 0 Å². The highest BCUT2D eigenvalue weighted by Crippen LogP contribution is 2.34. The lowest BCUT2D eigenvalue weighted by Crippen LogP contribution is -2.30. The van der Waals surface area contributed by atoms with Crippen LogP contribution in [0.1, 0.15) is 35.7 Å². The van der Waals surface area contributed by atoms with Gasteiger partial charge in [-0.1, -0.05) is 29.4 Å². The second-order valence-electron chi connectivity index (χ2n) is 6.52. The SMILES string of the molecule is Cc1ccc(Cl)cc1NC(=O)CC1CSc2nc3c(c(=O)n21)CCC3. The highest BCUT2D eigenvalue weighted by atomic mass is 35.5. The topological polar surface area (TPSA) is 64.0 Å². The number of anilines is 1. The summed E-state index contributed by atoms with van der Waals surface area (Å²) < 4.78 is 1.72. The molecular weight excluding hydrogens is 358 g/mol. The van der Waals surface area contributed by atoms with Gasteiger partial charge in [0.25, 0.3) is 5.56 Å². The van der Waals surface area contributed by atoms with Gasteiger partial charge in [0, 0.05) is 28.4 Å². The molecule has 25 heavy (non-hydrogen) atoms. The molecule has 0 spiro atoms. The minimum Gasteiger partial charge on any atom is -0.326 e. The van der Waals surface area contributed by atoms with Gasteiger partial charge in [-0.15, -0.1) is 0 Å². The fourth-order valence-electron chi connectivity index (χ4n) is 3.45. The molecule has 1 amide bonds. The predicted octanol–water partition coefficient (Wildman–Crippen LogP) is 3.37. The Kier molecular flexibility index (Phi) is 4.33. The fraction of sp³-hybridized carbons (Fsp3) is 0.389. The third kappa shape index (κ3) is 3.09. The van der Waals surface area contributed by atoms with Crippen molar-refractivity contribution in [3.63, 3.8) is 0 Å². The van der Waals surface area contributed by atoms with E-state index in [1.807, 2.05) is 13.0 Å². The van der Waals surface area contributed by atoms with E-state index in [9.17, 15) is 9.59 Å². The maximum Gasteiger partial charge on any atom is 0.257 e. The normalized spacial score (nSPS) is 18.1. The number of hydrogen-bond donors (Lipinski definition) is 1. The van der Waals surface area contributed by atoms with Crippen molar-refractivity contribution in [2.24, 2.45) is 0 Å². The molecule has 1 aromatic carbocycles. The number of halogens is 1. The zero-order valence-corrected chi connectivity index (χ0v) is 15.4. The Hall–Kier alpha value is -1.79. The fourth-order valence-corrected chi connectivity index (χ4v) is 4.77. The molecule has 5 nitrogen and oxygen atoms in total. The Labute approximate surface area is 154 Å². The molecule has 0 radical (unpaired) electrons. The molecule has 1 atom stereocenters. The molecule has 2 aromatic rings. The molecule has 130 valence electrons. The molecule has 0 saturated heterocycles. The molecule has 1 aliphatic heterocycles. The number of benzene rings is 1. The zero-order valence-electron chi connectivity index (χ0n) is 13.8. The highest BCUT2D eigenvalue weighted by Gasteiger charge is 2.31. The zero-order chi connectivity index (χ0) is 17.6. The summed E-state index contributed by atoms with van der Waals surface area (Å²) in [6, 6.07) is 5.26. The molecule has 1 unspecified atom stereocenters. The first kappa shape index (κ1) is 16.7. The average molecular weight is 376 g/mol. The lowest BCUT2D eigenvalue weighted by atomic mass is 10.1. The van der Waals surface area contributed by atoms with Crippen molar-refractivity contribution < 1.29 is 4.79 Å². The molecule has 7 heteroatoms. The number of carbonyl (C=O) groups excluding carboxylic acids is 1. The molecule has 1 aliphatic carbocycles. The number of aromatic nitrogens is 2. The number of thioether (sulfide) groups is 1. The van der Waals surface area contributed by atoms with E-state index in [1.54, 1.807) is 28.5 Å². The summed E-state index contributed by atoms with van der Waals surface area (Å²) >= 11 is 7.56. The molecule has 4 rings (SSSR count). The molecule has 1 aromatic heterocycles. The van der Waals surface area contributed by atoms with Crippen LogP contribution in [0.2, 0.25) is 5.02 Å². The van der Waals surface area contributed by atoms with Crippen LogP contribution in [0.5, 0.6) is 0 Å². The Bertz CT molecular complexity index is 925. The number of nitrogens with zero attached hydrogens (tertiary/aromatic N) is 2. The monoisotopic (exact) mass is 375 g/mol. The summed E-state index contributed by atoms with van der Waals surface area (Å²) in [7, 11) is 0. The van der Waals surface area contributed by atoms with Gasteiger partial charge in [-0.3, -0.25) is 14.2 Å². The lowest BCUT2D eigenvalue weighted by molar-refractivity contribution is -0.116. The molecule has 0 bridgehead atoms. The van der Waals surface area contributed by atoms with Crippen molar-refractivity contribution in [3.8, 4) is 0 Å². The number of hydrogen-bond acceptors (Lipinski definition) is 4. The standard InChI is InChI=1S/C18H18ClN3O2S/c1-10-5-6-11(19)7-15(10)20-16(23)8-12-9-25-18-21-14-4-2-3-13(14)17(24)22(12)18/h5-7,12H,2-4,8-9H2,1H3,(H,20,23). The molecule has 0 fully saturated rings. The smallest absolute Gasteiger partial charge is 0.257 e. The van der Waals surface area contributed by atoms with Crippen LogP contribution in [0.4, 0.5) is 5.69 Å². The first-order valence-electron chi connectivity index (χ1n) is 8.36. The van der Waals surface area contributed by atoms with Gasteiger partial charge in [0.2, 0.25) is 5.91 Å². The molecule has 0 saturated carbocycles. The minimum absolute atomic E-state index is 0.0410. The van der Waals surface area contributed by atoms with Crippen molar-refractivity contribution in [2.45, 2.75) is 43.8 Å². The number of rotatable bonds is 3. The van der Waals surface area contributed by atoms with Crippen LogP contribution >= 0.6 is 23.4 Å². The van der Waals surface area contributed by atoms with E-state index in [-0.39, 0.29) is 23.9 Å². The second-order valence-corrected chi connectivity index (χ2v) is 7.95. The summed E-state index contributed by atoms with van der Waals surface area (Å²) in [6.07, 6.45) is 2.93. The van der Waals surface area contributed by atoms with Crippen LogP contribution in [-0.2, 0) is 17.6 Å². The largest absolute Gasteiger partial charge is 0.326 e. The second kappa shape index (κ2) is 6.50. The summed E-state index contributed by atoms with van der Waals surface area (Å²) in [5, 5.41) is 4.25. The van der Waals surface area contributed by atoms with Gasteiger partial charge >= 0.3 is 0 Å². The molecule has 2 aliphatic rings. The van der Waals surface area contributed by atoms with Gasteiger partial charge in [-0.25, -0.2) is 4.98 Å². The van der Waals surface area contributed by atoms with Crippen molar-refractivity contribution in [3.05, 3.63) is 50.4 Å². The maximum absolute atomic E-state index is 12.8. The van der Waals surface area contributed by atoms with Crippen LogP contribution in [0.3, 0.4) is 0 Å². The van der Waals surface area contributed by atoms with Crippen LogP contribution in [-0.4, -0.2) is 21.2 Å². The Morgan fingerprint density at radius 3 is 3.12 bits per heavy atom. The van der Waals surface area contributed by atoms with Crippen LogP contribution in [0, 0.1) is 6.92 Å². The Morgan fingerprint density at radius 2 is 2.28 bits per heavy atom. The highest BCUT2D eigenvalue weighted by molar-refractivity contribution is 7.99. The molecule has 1 N–H and O–H groups in total. The van der Waals surface area contributed by atoms with Crippen LogP contribution < -0.4 is 10.9 Å². The third-order valence-electron chi connectivity index (χ3n) is 4.77. The van der Waals surface area contributed by atoms with Gasteiger partial charge in [-0.05, 0) is 43.9 Å². The maximum atomic E-state index is 12.8. The van der Waals surface area contributed by atoms with Crippen molar-refractivity contribution >= 4 is 35.0 Å². The van der Waals surface area contributed by atoms with E-state index in [0.717, 1.165) is 41.2 Å². The van der Waals surface area contributed by atoms with E-state index in [4.69, 9.17) is 11.6 Å².